The van der Waals surface area contributed by atoms with Crippen molar-refractivity contribution < 1.29 is 64.6 Å². The van der Waals surface area contributed by atoms with Gasteiger partial charge in [-0.25, -0.2) is 0 Å². The quantitative estimate of drug-likeness (QED) is 0.0204. The average molecular weight is 1100 g/mol. The van der Waals surface area contributed by atoms with Gasteiger partial charge in [-0.3, -0.25) is 4.79 Å². The minimum Gasteiger partial charge on any atom is -0.394 e. The fourth-order valence-corrected chi connectivity index (χ4v) is 10.7. The van der Waals surface area contributed by atoms with E-state index in [1.165, 1.54) is 193 Å². The zero-order valence-electron chi connectivity index (χ0n) is 49.0. The number of hydrogen-bond acceptors (Lipinski definition) is 13. The van der Waals surface area contributed by atoms with Gasteiger partial charge in [-0.2, -0.15) is 0 Å². The molecule has 12 unspecified atom stereocenters. The second-order valence-corrected chi connectivity index (χ2v) is 22.9. The lowest BCUT2D eigenvalue weighted by atomic mass is 9.97. The predicted molar refractivity (Wildman–Crippen MR) is 309 cm³/mol. The molecule has 2 aliphatic rings. The monoisotopic (exact) mass is 1100 g/mol. The molecule has 12 atom stereocenters. The summed E-state index contributed by atoms with van der Waals surface area (Å²) in [7, 11) is 0. The Kier molecular flexibility index (Phi) is 45.7. The Bertz CT molecular complexity index is 1390. The number of hydrogen-bond donors (Lipinski definition) is 9. The van der Waals surface area contributed by atoms with E-state index < -0.39 is 86.8 Å². The molecule has 0 aromatic rings. The molecule has 2 saturated heterocycles. The van der Waals surface area contributed by atoms with Crippen molar-refractivity contribution in [3.8, 4) is 0 Å². The van der Waals surface area contributed by atoms with Crippen LogP contribution in [0.1, 0.15) is 277 Å². The second kappa shape index (κ2) is 49.1. The standard InChI is InChI=1S/C63H119NO13/c1-3-5-7-9-11-13-15-17-19-21-22-23-24-25-26-27-28-29-30-31-32-34-36-38-40-42-44-46-52(67)51(64-55(68)47-45-43-41-39-37-35-33-20-18-16-14-12-10-8-6-4-2)50-74-62-60(73)58(71)61(54(49-66)76-62)77-63-59(72)57(70)56(69)53(48-65)75-63/h20,33,44,46,51-54,56-63,65-67,69-73H,3-19,21-32,34-43,45,47-50H2,1-2H3,(H,64,68)/b33-20-,46-44+. The molecule has 2 heterocycles. The molecular formula is C63H119NO13. The Morgan fingerprint density at radius 3 is 1.23 bits per heavy atom. The van der Waals surface area contributed by atoms with Gasteiger partial charge in [0, 0.05) is 6.42 Å². The van der Waals surface area contributed by atoms with Crippen LogP contribution in [0.2, 0.25) is 0 Å². The lowest BCUT2D eigenvalue weighted by Gasteiger charge is -2.46. The normalized spacial score (nSPS) is 24.8. The van der Waals surface area contributed by atoms with Crippen molar-refractivity contribution >= 4 is 5.91 Å². The number of amides is 1. The summed E-state index contributed by atoms with van der Waals surface area (Å²) in [5, 5.41) is 87.2. The van der Waals surface area contributed by atoms with Gasteiger partial charge in [0.05, 0.1) is 32.0 Å². The average Bonchev–Trinajstić information content (AvgIpc) is 3.44. The number of ether oxygens (including phenoxy) is 4. The summed E-state index contributed by atoms with van der Waals surface area (Å²) in [4.78, 5) is 13.3. The summed E-state index contributed by atoms with van der Waals surface area (Å²) in [5.74, 6) is -0.245. The van der Waals surface area contributed by atoms with Gasteiger partial charge in [0.1, 0.15) is 48.8 Å². The van der Waals surface area contributed by atoms with Crippen LogP contribution < -0.4 is 5.32 Å². The van der Waals surface area contributed by atoms with Crippen molar-refractivity contribution in [3.05, 3.63) is 24.3 Å². The van der Waals surface area contributed by atoms with E-state index >= 15 is 0 Å². The van der Waals surface area contributed by atoms with Crippen LogP contribution in [0, 0.1) is 0 Å². The van der Waals surface area contributed by atoms with Gasteiger partial charge < -0.3 is 65.1 Å². The van der Waals surface area contributed by atoms with E-state index in [4.69, 9.17) is 18.9 Å². The van der Waals surface area contributed by atoms with Crippen LogP contribution >= 0.6 is 0 Å². The van der Waals surface area contributed by atoms with E-state index in [1.54, 1.807) is 6.08 Å². The molecule has 2 aliphatic heterocycles. The number of allylic oxidation sites excluding steroid dienone is 3. The van der Waals surface area contributed by atoms with Gasteiger partial charge in [-0.05, 0) is 44.9 Å². The summed E-state index contributed by atoms with van der Waals surface area (Å²) in [6.45, 7) is 2.82. The van der Waals surface area contributed by atoms with Crippen molar-refractivity contribution in [2.24, 2.45) is 0 Å². The number of aliphatic hydroxyl groups is 8. The molecule has 0 spiro atoms. The van der Waals surface area contributed by atoms with Crippen molar-refractivity contribution in [3.63, 3.8) is 0 Å². The van der Waals surface area contributed by atoms with E-state index in [9.17, 15) is 45.6 Å². The van der Waals surface area contributed by atoms with E-state index in [0.29, 0.717) is 6.42 Å². The molecule has 454 valence electrons. The van der Waals surface area contributed by atoms with Crippen molar-refractivity contribution in [1.29, 1.82) is 0 Å². The van der Waals surface area contributed by atoms with E-state index in [-0.39, 0.29) is 18.9 Å². The summed E-state index contributed by atoms with van der Waals surface area (Å²) in [5.41, 5.74) is 0. The van der Waals surface area contributed by atoms with Gasteiger partial charge in [0.15, 0.2) is 12.6 Å². The largest absolute Gasteiger partial charge is 0.394 e. The molecule has 0 bridgehead atoms. The van der Waals surface area contributed by atoms with Crippen LogP contribution in [0.25, 0.3) is 0 Å². The first-order valence-corrected chi connectivity index (χ1v) is 32.1. The number of aliphatic hydroxyl groups excluding tert-OH is 8. The molecule has 2 rings (SSSR count). The first-order chi connectivity index (χ1) is 37.6. The number of carbonyl (C=O) groups is 1. The van der Waals surface area contributed by atoms with Gasteiger partial charge in [0.2, 0.25) is 5.91 Å². The highest BCUT2D eigenvalue weighted by atomic mass is 16.7. The predicted octanol–water partition coefficient (Wildman–Crippen LogP) is 11.6. The molecule has 0 aromatic carbocycles. The third-order valence-corrected chi connectivity index (χ3v) is 15.9. The molecule has 0 aromatic heterocycles. The number of carbonyl (C=O) groups excluding carboxylic acids is 1. The smallest absolute Gasteiger partial charge is 0.220 e. The minimum atomic E-state index is -1.79. The van der Waals surface area contributed by atoms with Crippen LogP contribution in [0.5, 0.6) is 0 Å². The maximum Gasteiger partial charge on any atom is 0.220 e. The highest BCUT2D eigenvalue weighted by Gasteiger charge is 2.51. The third-order valence-electron chi connectivity index (χ3n) is 15.9. The third kappa shape index (κ3) is 34.5. The maximum atomic E-state index is 13.3. The molecule has 14 nitrogen and oxygen atoms in total. The highest BCUT2D eigenvalue weighted by molar-refractivity contribution is 5.76. The Morgan fingerprint density at radius 1 is 0.455 bits per heavy atom. The van der Waals surface area contributed by atoms with Crippen molar-refractivity contribution in [1.82, 2.24) is 5.32 Å². The Balaban J connectivity index is 1.71. The summed E-state index contributed by atoms with van der Waals surface area (Å²) < 4.78 is 22.8. The van der Waals surface area contributed by atoms with Gasteiger partial charge in [0.25, 0.3) is 0 Å². The van der Waals surface area contributed by atoms with E-state index in [0.717, 1.165) is 57.8 Å². The molecule has 2 fully saturated rings. The molecule has 0 saturated carbocycles. The summed E-state index contributed by atoms with van der Waals surface area (Å²) in [6, 6.07) is -0.917. The fourth-order valence-electron chi connectivity index (χ4n) is 10.7. The van der Waals surface area contributed by atoms with Gasteiger partial charge in [-0.1, -0.05) is 250 Å². The van der Waals surface area contributed by atoms with Crippen LogP contribution in [0.3, 0.4) is 0 Å². The number of nitrogens with one attached hydrogen (secondary N) is 1. The minimum absolute atomic E-state index is 0.245. The lowest BCUT2D eigenvalue weighted by Crippen LogP contribution is -2.65. The van der Waals surface area contributed by atoms with Gasteiger partial charge >= 0.3 is 0 Å². The SMILES string of the molecule is CCCCCCCCC/C=C\CCCCCCCC(=O)NC(COC1OC(CO)C(OC2OC(CO)C(O)C(O)C2O)C(O)C1O)C(O)/C=C/CCCCCCCCCCCCCCCCCCCCCCCCCCC. The zero-order chi connectivity index (χ0) is 56.0. The van der Waals surface area contributed by atoms with Crippen LogP contribution in [-0.2, 0) is 23.7 Å². The lowest BCUT2D eigenvalue weighted by molar-refractivity contribution is -0.359. The highest BCUT2D eigenvalue weighted by Crippen LogP contribution is 2.30. The fraction of sp³-hybridized carbons (Fsp3) is 0.921. The van der Waals surface area contributed by atoms with Crippen LogP contribution in [0.4, 0.5) is 0 Å². The maximum absolute atomic E-state index is 13.3. The molecule has 1 amide bonds. The first kappa shape index (κ1) is 71.6. The van der Waals surface area contributed by atoms with Gasteiger partial charge in [-0.15, -0.1) is 0 Å². The van der Waals surface area contributed by atoms with E-state index in [2.05, 4.69) is 31.3 Å². The zero-order valence-corrected chi connectivity index (χ0v) is 49.0. The summed E-state index contributed by atoms with van der Waals surface area (Å²) >= 11 is 0. The van der Waals surface area contributed by atoms with Crippen molar-refractivity contribution in [2.45, 2.75) is 351 Å². The Labute approximate surface area is 468 Å². The topological polar surface area (TPSA) is 228 Å². The van der Waals surface area contributed by atoms with Crippen LogP contribution in [0.15, 0.2) is 24.3 Å². The second-order valence-electron chi connectivity index (χ2n) is 22.9. The Morgan fingerprint density at radius 2 is 0.818 bits per heavy atom. The molecule has 14 heteroatoms. The number of unbranched alkanes of at least 4 members (excludes halogenated alkanes) is 37. The number of rotatable bonds is 52. The molecule has 0 radical (unpaired) electrons. The Hall–Kier alpha value is -1.53. The van der Waals surface area contributed by atoms with E-state index in [1.807, 2.05) is 6.08 Å². The molecule has 0 aliphatic carbocycles. The first-order valence-electron chi connectivity index (χ1n) is 32.1. The molecule has 77 heavy (non-hydrogen) atoms. The van der Waals surface area contributed by atoms with Crippen molar-refractivity contribution in [2.75, 3.05) is 19.8 Å². The molecular weight excluding hydrogens is 979 g/mol. The van der Waals surface area contributed by atoms with Crippen LogP contribution in [-0.4, -0.2) is 140 Å². The summed E-state index contributed by atoms with van der Waals surface area (Å²) in [6.07, 6.45) is 42.3. The molecule has 9 N–H and O–H groups in total.